The second kappa shape index (κ2) is 5.33. The van der Waals surface area contributed by atoms with Crippen LogP contribution in [0.4, 0.5) is 0 Å². The molecule has 4 atom stereocenters. The smallest absolute Gasteiger partial charge is 0.252 e. The van der Waals surface area contributed by atoms with Gasteiger partial charge in [-0.2, -0.15) is 0 Å². The predicted octanol–water partition coefficient (Wildman–Crippen LogP) is 0.162. The van der Waals surface area contributed by atoms with Gasteiger partial charge in [0.05, 0.1) is 31.5 Å². The van der Waals surface area contributed by atoms with Crippen molar-refractivity contribution in [2.75, 3.05) is 19.8 Å². The van der Waals surface area contributed by atoms with E-state index >= 15 is 0 Å². The van der Waals surface area contributed by atoms with E-state index in [9.17, 15) is 4.79 Å². The molecule has 1 N–H and O–H groups in total. The van der Waals surface area contributed by atoms with Gasteiger partial charge in [0.25, 0.3) is 5.91 Å². The molecule has 0 aromatic rings. The zero-order valence-electron chi connectivity index (χ0n) is 10.5. The first-order valence-corrected chi connectivity index (χ1v) is 6.30. The van der Waals surface area contributed by atoms with Gasteiger partial charge in [0.15, 0.2) is 0 Å². The first-order valence-electron chi connectivity index (χ1n) is 6.30. The number of aliphatic hydroxyl groups is 1. The molecule has 0 aromatic heterocycles. The number of aliphatic hydroxyl groups excluding tert-OH is 1. The summed E-state index contributed by atoms with van der Waals surface area (Å²) in [5.74, 6) is 0.0450. The van der Waals surface area contributed by atoms with Crippen LogP contribution in [0.1, 0.15) is 26.7 Å². The first-order chi connectivity index (χ1) is 8.11. The summed E-state index contributed by atoms with van der Waals surface area (Å²) in [6.45, 7) is 4.86. The Bertz CT molecular complexity index is 284. The van der Waals surface area contributed by atoms with E-state index < -0.39 is 0 Å². The number of carbonyl (C=O) groups is 1. The normalized spacial score (nSPS) is 38.4. The molecule has 4 unspecified atom stereocenters. The second-order valence-electron chi connectivity index (χ2n) is 4.99. The molecule has 2 saturated heterocycles. The van der Waals surface area contributed by atoms with Crippen LogP contribution in [0.15, 0.2) is 0 Å². The minimum Gasteiger partial charge on any atom is -0.394 e. The van der Waals surface area contributed by atoms with Crippen LogP contribution in [-0.2, 0) is 14.3 Å². The van der Waals surface area contributed by atoms with E-state index in [-0.39, 0.29) is 36.9 Å². The highest BCUT2D eigenvalue weighted by Crippen LogP contribution is 2.23. The van der Waals surface area contributed by atoms with E-state index in [1.807, 2.05) is 13.8 Å². The largest absolute Gasteiger partial charge is 0.394 e. The van der Waals surface area contributed by atoms with Crippen molar-refractivity contribution in [3.63, 3.8) is 0 Å². The van der Waals surface area contributed by atoms with Gasteiger partial charge in [0.1, 0.15) is 6.10 Å². The molecule has 0 bridgehead atoms. The van der Waals surface area contributed by atoms with Crippen LogP contribution in [-0.4, -0.2) is 60.0 Å². The molecular weight excluding hydrogens is 222 g/mol. The SMILES string of the molecule is CC1CCC(C(=O)N2CC(CO)OCC2C)O1. The van der Waals surface area contributed by atoms with Gasteiger partial charge in [-0.15, -0.1) is 0 Å². The second-order valence-corrected chi connectivity index (χ2v) is 4.99. The molecule has 5 nitrogen and oxygen atoms in total. The highest BCUT2D eigenvalue weighted by molar-refractivity contribution is 5.81. The zero-order chi connectivity index (χ0) is 12.4. The molecule has 0 spiro atoms. The number of ether oxygens (including phenoxy) is 2. The van der Waals surface area contributed by atoms with Crippen molar-refractivity contribution in [3.05, 3.63) is 0 Å². The molecular formula is C12H21NO4. The van der Waals surface area contributed by atoms with Crippen molar-refractivity contribution < 1.29 is 19.4 Å². The van der Waals surface area contributed by atoms with Crippen LogP contribution < -0.4 is 0 Å². The Morgan fingerprint density at radius 3 is 2.76 bits per heavy atom. The lowest BCUT2D eigenvalue weighted by Gasteiger charge is -2.38. The van der Waals surface area contributed by atoms with Gasteiger partial charge in [0.2, 0.25) is 0 Å². The van der Waals surface area contributed by atoms with Crippen molar-refractivity contribution in [1.82, 2.24) is 4.90 Å². The summed E-state index contributed by atoms with van der Waals surface area (Å²) in [6, 6.07) is 0.0600. The monoisotopic (exact) mass is 243 g/mol. The van der Waals surface area contributed by atoms with E-state index in [0.29, 0.717) is 13.2 Å². The fraction of sp³-hybridized carbons (Fsp3) is 0.917. The highest BCUT2D eigenvalue weighted by atomic mass is 16.5. The number of amides is 1. The van der Waals surface area contributed by atoms with Gasteiger partial charge in [-0.25, -0.2) is 0 Å². The number of hydrogen-bond acceptors (Lipinski definition) is 4. The highest BCUT2D eigenvalue weighted by Gasteiger charge is 2.36. The lowest BCUT2D eigenvalue weighted by atomic mass is 10.1. The average Bonchev–Trinajstić information content (AvgIpc) is 2.76. The molecule has 0 saturated carbocycles. The van der Waals surface area contributed by atoms with Gasteiger partial charge in [-0.1, -0.05) is 0 Å². The molecule has 0 aromatic carbocycles. The third-order valence-electron chi connectivity index (χ3n) is 3.50. The number of rotatable bonds is 2. The molecule has 0 radical (unpaired) electrons. The van der Waals surface area contributed by atoms with Crippen LogP contribution in [0.3, 0.4) is 0 Å². The van der Waals surface area contributed by atoms with E-state index in [2.05, 4.69) is 0 Å². The van der Waals surface area contributed by atoms with E-state index in [1.165, 1.54) is 0 Å². The number of nitrogens with zero attached hydrogens (tertiary/aromatic N) is 1. The Hall–Kier alpha value is -0.650. The summed E-state index contributed by atoms with van der Waals surface area (Å²) in [7, 11) is 0. The maximum atomic E-state index is 12.3. The van der Waals surface area contributed by atoms with Gasteiger partial charge in [-0.05, 0) is 26.7 Å². The van der Waals surface area contributed by atoms with Crippen molar-refractivity contribution >= 4 is 5.91 Å². The molecule has 5 heteroatoms. The molecule has 1 amide bonds. The summed E-state index contributed by atoms with van der Waals surface area (Å²) < 4.78 is 11.0. The number of morpholine rings is 1. The summed E-state index contributed by atoms with van der Waals surface area (Å²) in [5.41, 5.74) is 0. The van der Waals surface area contributed by atoms with Gasteiger partial charge in [0, 0.05) is 6.54 Å². The zero-order valence-corrected chi connectivity index (χ0v) is 10.5. The molecule has 0 aliphatic carbocycles. The van der Waals surface area contributed by atoms with Crippen LogP contribution in [0, 0.1) is 0 Å². The third kappa shape index (κ3) is 2.78. The summed E-state index contributed by atoms with van der Waals surface area (Å²) in [4.78, 5) is 14.1. The first kappa shape index (κ1) is 12.8. The van der Waals surface area contributed by atoms with Gasteiger partial charge < -0.3 is 19.5 Å². The third-order valence-corrected chi connectivity index (χ3v) is 3.50. The Balaban J connectivity index is 1.97. The van der Waals surface area contributed by atoms with Crippen molar-refractivity contribution in [2.24, 2.45) is 0 Å². The summed E-state index contributed by atoms with van der Waals surface area (Å²) in [6.07, 6.45) is 1.36. The topological polar surface area (TPSA) is 59.0 Å². The molecule has 2 aliphatic rings. The predicted molar refractivity (Wildman–Crippen MR) is 61.6 cm³/mol. The number of carbonyl (C=O) groups excluding carboxylic acids is 1. The lowest BCUT2D eigenvalue weighted by molar-refractivity contribution is -0.156. The van der Waals surface area contributed by atoms with E-state index in [1.54, 1.807) is 4.90 Å². The van der Waals surface area contributed by atoms with Crippen molar-refractivity contribution in [3.8, 4) is 0 Å². The minimum atomic E-state index is -0.301. The fourth-order valence-electron chi connectivity index (χ4n) is 2.40. The minimum absolute atomic E-state index is 0.0432. The summed E-state index contributed by atoms with van der Waals surface area (Å²) >= 11 is 0. The van der Waals surface area contributed by atoms with Gasteiger partial charge >= 0.3 is 0 Å². The molecule has 2 aliphatic heterocycles. The molecule has 17 heavy (non-hydrogen) atoms. The Labute approximate surface area is 102 Å². The summed E-state index contributed by atoms with van der Waals surface area (Å²) in [5, 5.41) is 9.09. The van der Waals surface area contributed by atoms with Crippen LogP contribution in [0.2, 0.25) is 0 Å². The standard InChI is InChI=1S/C12H21NO4/c1-8-7-16-10(6-14)5-13(8)12(15)11-4-3-9(2)17-11/h8-11,14H,3-7H2,1-2H3. The molecule has 2 rings (SSSR count). The van der Waals surface area contributed by atoms with Crippen molar-refractivity contribution in [1.29, 1.82) is 0 Å². The Morgan fingerprint density at radius 2 is 2.18 bits per heavy atom. The fourth-order valence-corrected chi connectivity index (χ4v) is 2.40. The molecule has 98 valence electrons. The van der Waals surface area contributed by atoms with E-state index in [0.717, 1.165) is 12.8 Å². The van der Waals surface area contributed by atoms with Crippen LogP contribution >= 0.6 is 0 Å². The van der Waals surface area contributed by atoms with Crippen molar-refractivity contribution in [2.45, 2.75) is 51.0 Å². The average molecular weight is 243 g/mol. The quantitative estimate of drug-likeness (QED) is 0.750. The van der Waals surface area contributed by atoms with Crippen LogP contribution in [0.5, 0.6) is 0 Å². The molecule has 2 heterocycles. The van der Waals surface area contributed by atoms with E-state index in [4.69, 9.17) is 14.6 Å². The maximum absolute atomic E-state index is 12.3. The Morgan fingerprint density at radius 1 is 1.41 bits per heavy atom. The van der Waals surface area contributed by atoms with Gasteiger partial charge in [-0.3, -0.25) is 4.79 Å². The number of hydrogen-bond donors (Lipinski definition) is 1. The Kier molecular flexibility index (Phi) is 4.01. The lowest BCUT2D eigenvalue weighted by Crippen LogP contribution is -2.54. The van der Waals surface area contributed by atoms with Crippen LogP contribution in [0.25, 0.3) is 0 Å². The maximum Gasteiger partial charge on any atom is 0.252 e. The molecule has 2 fully saturated rings.